The van der Waals surface area contributed by atoms with Crippen LogP contribution in [0.1, 0.15) is 120 Å². The number of ketones is 1. The fourth-order valence-electron chi connectivity index (χ4n) is 10.7. The number of carbonyl (C=O) groups excluding carboxylic acids is 1. The third-order valence-electron chi connectivity index (χ3n) is 13.3. The Morgan fingerprint density at radius 2 is 1.59 bits per heavy atom. The van der Waals surface area contributed by atoms with Crippen LogP contribution < -0.4 is 0 Å². The van der Waals surface area contributed by atoms with Crippen molar-refractivity contribution in [3.05, 3.63) is 11.6 Å². The molecule has 5 unspecified atom stereocenters. The molecule has 32 heavy (non-hydrogen) atoms. The minimum Gasteiger partial charge on any atom is -0.299 e. The molecule has 9 atom stereocenters. The zero-order valence-electron chi connectivity index (χ0n) is 22.4. The van der Waals surface area contributed by atoms with Gasteiger partial charge in [0, 0.05) is 5.41 Å². The molecule has 0 spiro atoms. The Morgan fingerprint density at radius 1 is 0.906 bits per heavy atom. The van der Waals surface area contributed by atoms with E-state index < -0.39 is 0 Å². The van der Waals surface area contributed by atoms with Gasteiger partial charge in [-0.1, -0.05) is 60.1 Å². The molecule has 0 radical (unpaired) electrons. The largest absolute Gasteiger partial charge is 0.299 e. The quantitative estimate of drug-likeness (QED) is 0.374. The molecule has 5 aliphatic carbocycles. The van der Waals surface area contributed by atoms with Gasteiger partial charge in [0.15, 0.2) is 0 Å². The molecule has 0 aromatic carbocycles. The van der Waals surface area contributed by atoms with Gasteiger partial charge < -0.3 is 0 Å². The molecule has 5 rings (SSSR count). The van der Waals surface area contributed by atoms with Crippen molar-refractivity contribution in [1.29, 1.82) is 0 Å². The summed E-state index contributed by atoms with van der Waals surface area (Å²) in [6, 6.07) is 0. The van der Waals surface area contributed by atoms with Crippen molar-refractivity contribution in [2.45, 2.75) is 120 Å². The summed E-state index contributed by atoms with van der Waals surface area (Å²) in [4.78, 5) is 13.2. The third-order valence-corrected chi connectivity index (χ3v) is 13.3. The first kappa shape index (κ1) is 23.2. The third kappa shape index (κ3) is 2.78. The molecule has 0 N–H and O–H groups in total. The van der Waals surface area contributed by atoms with E-state index in [-0.39, 0.29) is 10.8 Å². The smallest absolute Gasteiger partial charge is 0.136 e. The highest BCUT2D eigenvalue weighted by atomic mass is 16.1. The van der Waals surface area contributed by atoms with Crippen LogP contribution in [-0.4, -0.2) is 5.78 Å². The number of rotatable bonds is 1. The van der Waals surface area contributed by atoms with E-state index in [9.17, 15) is 4.79 Å². The summed E-state index contributed by atoms with van der Waals surface area (Å²) in [7, 11) is 0. The van der Waals surface area contributed by atoms with E-state index in [1.807, 2.05) is 6.92 Å². The van der Waals surface area contributed by atoms with Crippen LogP contribution in [0.3, 0.4) is 0 Å². The second-order valence-electron chi connectivity index (χ2n) is 14.9. The molecule has 5 aliphatic rings. The molecule has 0 saturated heterocycles. The van der Waals surface area contributed by atoms with Crippen LogP contribution in [0, 0.1) is 56.7 Å². The number of allylic oxidation sites excluding steroid dienone is 2. The van der Waals surface area contributed by atoms with E-state index in [1.54, 1.807) is 5.57 Å². The van der Waals surface area contributed by atoms with E-state index in [0.29, 0.717) is 27.9 Å². The topological polar surface area (TPSA) is 17.1 Å². The van der Waals surface area contributed by atoms with Crippen molar-refractivity contribution in [2.24, 2.45) is 56.7 Å². The van der Waals surface area contributed by atoms with Crippen molar-refractivity contribution in [1.82, 2.24) is 0 Å². The zero-order chi connectivity index (χ0) is 23.3. The van der Waals surface area contributed by atoms with Gasteiger partial charge in [-0.25, -0.2) is 0 Å². The van der Waals surface area contributed by atoms with E-state index in [4.69, 9.17) is 0 Å². The van der Waals surface area contributed by atoms with Crippen LogP contribution in [0.2, 0.25) is 0 Å². The molecule has 4 saturated carbocycles. The molecule has 0 aromatic heterocycles. The number of Topliss-reactive ketones (excluding diaryl/α,β-unsaturated/α-hetero) is 1. The van der Waals surface area contributed by atoms with E-state index in [2.05, 4.69) is 54.5 Å². The maximum Gasteiger partial charge on any atom is 0.136 e. The average Bonchev–Trinajstić information content (AvgIpc) is 2.71. The van der Waals surface area contributed by atoms with Gasteiger partial charge in [0.05, 0.1) is 0 Å². The van der Waals surface area contributed by atoms with Gasteiger partial charge in [0.2, 0.25) is 0 Å². The van der Waals surface area contributed by atoms with E-state index in [0.717, 1.165) is 36.5 Å². The second kappa shape index (κ2) is 6.97. The molecule has 1 nitrogen and oxygen atoms in total. The first-order valence-corrected chi connectivity index (χ1v) is 14.0. The lowest BCUT2D eigenvalue weighted by Gasteiger charge is -2.70. The highest BCUT2D eigenvalue weighted by Gasteiger charge is 2.67. The van der Waals surface area contributed by atoms with Gasteiger partial charge >= 0.3 is 0 Å². The van der Waals surface area contributed by atoms with Gasteiger partial charge in [-0.15, -0.1) is 0 Å². The fourth-order valence-corrected chi connectivity index (χ4v) is 10.7. The van der Waals surface area contributed by atoms with E-state index in [1.165, 1.54) is 51.4 Å². The van der Waals surface area contributed by atoms with Crippen molar-refractivity contribution >= 4 is 5.78 Å². The predicted molar refractivity (Wildman–Crippen MR) is 134 cm³/mol. The predicted octanol–water partition coefficient (Wildman–Crippen LogP) is 8.62. The zero-order valence-corrected chi connectivity index (χ0v) is 22.4. The molecule has 180 valence electrons. The summed E-state index contributed by atoms with van der Waals surface area (Å²) >= 11 is 0. The van der Waals surface area contributed by atoms with Crippen molar-refractivity contribution in [3.8, 4) is 0 Å². The fraction of sp³-hybridized carbons (Fsp3) is 0.903. The summed E-state index contributed by atoms with van der Waals surface area (Å²) in [5.41, 5.74) is 3.16. The Hall–Kier alpha value is -0.590. The normalized spacial score (nSPS) is 54.4. The van der Waals surface area contributed by atoms with Crippen LogP contribution in [0.25, 0.3) is 0 Å². The lowest BCUT2D eigenvalue weighted by molar-refractivity contribution is -0.174. The molecule has 0 heterocycles. The minimum absolute atomic E-state index is 0.0695. The van der Waals surface area contributed by atoms with Gasteiger partial charge in [0.25, 0.3) is 0 Å². The maximum atomic E-state index is 13.2. The Kier molecular flexibility index (Phi) is 5.05. The highest BCUT2D eigenvalue weighted by Crippen LogP contribution is 2.75. The van der Waals surface area contributed by atoms with Crippen LogP contribution in [0.4, 0.5) is 0 Å². The van der Waals surface area contributed by atoms with Crippen molar-refractivity contribution < 1.29 is 4.79 Å². The number of carbonyl (C=O) groups is 1. The number of hydrogen-bond donors (Lipinski definition) is 0. The highest BCUT2D eigenvalue weighted by molar-refractivity contribution is 5.83. The molecular weight excluding hydrogens is 388 g/mol. The first-order chi connectivity index (χ1) is 14.8. The van der Waals surface area contributed by atoms with Crippen LogP contribution >= 0.6 is 0 Å². The molecule has 0 aliphatic heterocycles. The summed E-state index contributed by atoms with van der Waals surface area (Å²) in [6.07, 6.45) is 15.6. The van der Waals surface area contributed by atoms with E-state index >= 15 is 0 Å². The summed E-state index contributed by atoms with van der Waals surface area (Å²) < 4.78 is 0. The molecule has 1 heteroatoms. The number of fused-ring (bicyclic) bond motifs is 7. The Morgan fingerprint density at radius 3 is 2.28 bits per heavy atom. The monoisotopic (exact) mass is 438 g/mol. The summed E-state index contributed by atoms with van der Waals surface area (Å²) in [5, 5.41) is 0. The molecule has 0 amide bonds. The Labute approximate surface area is 198 Å². The SMILES string of the molecule is CC(=O)C12CCC(C)(C)CC1C1=CCC3C4(C)CC[C@H](C)C(C)[C@@H]4CC[C@]3(C)[C@]1(C)CC2. The molecule has 4 fully saturated rings. The molecular formula is C31H50O. The van der Waals surface area contributed by atoms with Gasteiger partial charge in [-0.2, -0.15) is 0 Å². The summed E-state index contributed by atoms with van der Waals surface area (Å²) in [5.74, 6) is 4.43. The van der Waals surface area contributed by atoms with Crippen LogP contribution in [0.5, 0.6) is 0 Å². The minimum atomic E-state index is -0.0695. The first-order valence-electron chi connectivity index (χ1n) is 14.0. The number of hydrogen-bond acceptors (Lipinski definition) is 1. The Balaban J connectivity index is 1.59. The summed E-state index contributed by atoms with van der Waals surface area (Å²) in [6.45, 7) is 19.9. The van der Waals surface area contributed by atoms with Crippen LogP contribution in [-0.2, 0) is 4.79 Å². The molecule has 0 aromatic rings. The van der Waals surface area contributed by atoms with Gasteiger partial charge in [-0.05, 0) is 122 Å². The van der Waals surface area contributed by atoms with Gasteiger partial charge in [-0.3, -0.25) is 4.79 Å². The maximum absolute atomic E-state index is 13.2. The van der Waals surface area contributed by atoms with Gasteiger partial charge in [0.1, 0.15) is 5.78 Å². The van der Waals surface area contributed by atoms with Crippen molar-refractivity contribution in [2.75, 3.05) is 0 Å². The lowest BCUT2D eigenvalue weighted by atomic mass is 9.34. The lowest BCUT2D eigenvalue weighted by Crippen LogP contribution is -2.63. The van der Waals surface area contributed by atoms with Crippen LogP contribution in [0.15, 0.2) is 11.6 Å². The average molecular weight is 439 g/mol. The molecule has 0 bridgehead atoms. The Bertz CT molecular complexity index is 835. The van der Waals surface area contributed by atoms with Crippen molar-refractivity contribution in [3.63, 3.8) is 0 Å². The second-order valence-corrected chi connectivity index (χ2v) is 14.9. The standard InChI is InChI=1S/C31H50O/c1-20-11-13-28(6)23(21(20)2)12-14-30(8)26(28)10-9-24-25-19-27(4,5)15-17-31(25,22(3)32)18-16-29(24,30)7/h9,20-21,23,25-26H,10-19H2,1-8H3/t20-,21?,23-,25?,26?,28?,29+,30-,31?/m0/s1.